The minimum Gasteiger partial charge on any atom is -0.480 e. The van der Waals surface area contributed by atoms with E-state index in [4.69, 9.17) is 9.52 Å². The molecule has 1 aromatic rings. The summed E-state index contributed by atoms with van der Waals surface area (Å²) in [7, 11) is 0. The summed E-state index contributed by atoms with van der Waals surface area (Å²) >= 11 is 0. The third kappa shape index (κ3) is 5.41. The number of carboxylic acid groups (broad SMARTS) is 1. The number of carbonyl (C=O) groups excluding carboxylic acids is 3. The number of hydrogen-bond donors (Lipinski definition) is 3. The van der Waals surface area contributed by atoms with Crippen LogP contribution in [0.4, 0.5) is 0 Å². The molecule has 0 aliphatic rings. The number of carbonyl (C=O) groups is 4. The number of furan rings is 1. The molecule has 3 N–H and O–H groups in total. The highest BCUT2D eigenvalue weighted by atomic mass is 16.4. The number of rotatable bonds is 8. The fraction of sp³-hybridized carbons (Fsp3) is 0.467. The van der Waals surface area contributed by atoms with Gasteiger partial charge in [-0.2, -0.15) is 0 Å². The maximum atomic E-state index is 12.5. The lowest BCUT2D eigenvalue weighted by Crippen LogP contribution is -2.53. The highest BCUT2D eigenvalue weighted by Crippen LogP contribution is 2.05. The van der Waals surface area contributed by atoms with Crippen LogP contribution in [0, 0.1) is 0 Å². The Labute approximate surface area is 139 Å². The molecule has 2 unspecified atom stereocenters. The molecule has 24 heavy (non-hydrogen) atoms. The number of hydrogen-bond acceptors (Lipinski definition) is 5. The average Bonchev–Trinajstić information content (AvgIpc) is 3.04. The van der Waals surface area contributed by atoms with Gasteiger partial charge in [0.25, 0.3) is 5.91 Å². The molecule has 0 aliphatic carbocycles. The maximum absolute atomic E-state index is 12.5. The molecule has 9 nitrogen and oxygen atoms in total. The SMILES string of the molecule is CC(=O)NCCN(C(=O)C(C)NC(=O)c1ccoc1)C(C)C(=O)O. The van der Waals surface area contributed by atoms with Gasteiger partial charge >= 0.3 is 5.97 Å². The molecular weight excluding hydrogens is 318 g/mol. The van der Waals surface area contributed by atoms with Crippen LogP contribution in [0.3, 0.4) is 0 Å². The first-order chi connectivity index (χ1) is 11.2. The largest absolute Gasteiger partial charge is 0.480 e. The van der Waals surface area contributed by atoms with Crippen molar-refractivity contribution in [1.82, 2.24) is 15.5 Å². The minimum absolute atomic E-state index is 0.0117. The Morgan fingerprint density at radius 2 is 1.96 bits per heavy atom. The van der Waals surface area contributed by atoms with E-state index in [1.807, 2.05) is 0 Å². The summed E-state index contributed by atoms with van der Waals surface area (Å²) in [6.45, 7) is 4.26. The molecule has 3 amide bonds. The Balaban J connectivity index is 2.75. The van der Waals surface area contributed by atoms with Crippen LogP contribution < -0.4 is 10.6 Å². The van der Waals surface area contributed by atoms with E-state index in [9.17, 15) is 19.2 Å². The van der Waals surface area contributed by atoms with Gasteiger partial charge < -0.3 is 25.1 Å². The Bertz CT molecular complexity index is 598. The molecule has 1 rings (SSSR count). The molecule has 0 spiro atoms. The van der Waals surface area contributed by atoms with Gasteiger partial charge in [-0.15, -0.1) is 0 Å². The van der Waals surface area contributed by atoms with E-state index in [0.29, 0.717) is 0 Å². The fourth-order valence-electron chi connectivity index (χ4n) is 1.96. The van der Waals surface area contributed by atoms with E-state index in [2.05, 4.69) is 10.6 Å². The molecular formula is C15H21N3O6. The van der Waals surface area contributed by atoms with Crippen molar-refractivity contribution in [3.05, 3.63) is 24.2 Å². The number of amides is 3. The number of nitrogens with one attached hydrogen (secondary N) is 2. The van der Waals surface area contributed by atoms with Crippen LogP contribution in [-0.4, -0.2) is 58.9 Å². The van der Waals surface area contributed by atoms with Crippen LogP contribution >= 0.6 is 0 Å². The van der Waals surface area contributed by atoms with E-state index in [-0.39, 0.29) is 24.6 Å². The van der Waals surface area contributed by atoms with Crippen LogP contribution in [0.1, 0.15) is 31.1 Å². The van der Waals surface area contributed by atoms with Gasteiger partial charge in [0.15, 0.2) is 0 Å². The Morgan fingerprint density at radius 1 is 1.29 bits per heavy atom. The molecule has 0 fully saturated rings. The molecule has 2 atom stereocenters. The Morgan fingerprint density at radius 3 is 2.46 bits per heavy atom. The van der Waals surface area contributed by atoms with Crippen molar-refractivity contribution in [1.29, 1.82) is 0 Å². The summed E-state index contributed by atoms with van der Waals surface area (Å²) in [6.07, 6.45) is 2.56. The number of aliphatic carboxylic acids is 1. The van der Waals surface area contributed by atoms with Gasteiger partial charge in [0, 0.05) is 20.0 Å². The summed E-state index contributed by atoms with van der Waals surface area (Å²) in [4.78, 5) is 47.6. The third-order valence-electron chi connectivity index (χ3n) is 3.34. The lowest BCUT2D eigenvalue weighted by molar-refractivity contribution is -0.150. The lowest BCUT2D eigenvalue weighted by Gasteiger charge is -2.29. The molecule has 0 radical (unpaired) electrons. The van der Waals surface area contributed by atoms with Crippen LogP contribution in [-0.2, 0) is 14.4 Å². The second-order valence-electron chi connectivity index (χ2n) is 5.24. The van der Waals surface area contributed by atoms with Gasteiger partial charge in [0.1, 0.15) is 18.3 Å². The maximum Gasteiger partial charge on any atom is 0.326 e. The molecule has 9 heteroatoms. The van der Waals surface area contributed by atoms with Crippen molar-refractivity contribution in [2.75, 3.05) is 13.1 Å². The van der Waals surface area contributed by atoms with Gasteiger partial charge in [-0.3, -0.25) is 14.4 Å². The van der Waals surface area contributed by atoms with Gasteiger partial charge in [0.2, 0.25) is 11.8 Å². The predicted molar refractivity (Wildman–Crippen MR) is 83.1 cm³/mol. The van der Waals surface area contributed by atoms with E-state index < -0.39 is 29.9 Å². The number of carboxylic acids is 1. The second kappa shape index (κ2) is 8.70. The topological polar surface area (TPSA) is 129 Å². The van der Waals surface area contributed by atoms with E-state index in [1.165, 1.54) is 39.4 Å². The van der Waals surface area contributed by atoms with Crippen LogP contribution in [0.25, 0.3) is 0 Å². The molecule has 1 heterocycles. The first kappa shape index (κ1) is 19.2. The molecule has 1 aromatic heterocycles. The molecule has 132 valence electrons. The smallest absolute Gasteiger partial charge is 0.326 e. The van der Waals surface area contributed by atoms with Crippen LogP contribution in [0.15, 0.2) is 23.0 Å². The number of nitrogens with zero attached hydrogens (tertiary/aromatic N) is 1. The van der Waals surface area contributed by atoms with Gasteiger partial charge in [-0.1, -0.05) is 0 Å². The van der Waals surface area contributed by atoms with Crippen molar-refractivity contribution in [3.63, 3.8) is 0 Å². The summed E-state index contributed by atoms with van der Waals surface area (Å²) in [6, 6.07) is -0.591. The van der Waals surface area contributed by atoms with Gasteiger partial charge in [-0.05, 0) is 19.9 Å². The summed E-state index contributed by atoms with van der Waals surface area (Å²) in [5, 5.41) is 14.1. The summed E-state index contributed by atoms with van der Waals surface area (Å²) in [5.41, 5.74) is 0.255. The summed E-state index contributed by atoms with van der Waals surface area (Å²) in [5.74, 6) is -2.53. The zero-order valence-corrected chi connectivity index (χ0v) is 13.7. The standard InChI is InChI=1S/C15H21N3O6/c1-9(17-13(20)12-4-7-24-8-12)14(21)18(10(2)15(22)23)6-5-16-11(3)19/h4,7-10H,5-6H2,1-3H3,(H,16,19)(H,17,20)(H,22,23). The quantitative estimate of drug-likeness (QED) is 0.603. The minimum atomic E-state index is -1.18. The first-order valence-corrected chi connectivity index (χ1v) is 7.34. The van der Waals surface area contributed by atoms with E-state index in [0.717, 1.165) is 4.90 Å². The van der Waals surface area contributed by atoms with Crippen molar-refractivity contribution in [3.8, 4) is 0 Å². The molecule has 0 aliphatic heterocycles. The van der Waals surface area contributed by atoms with Crippen LogP contribution in [0.2, 0.25) is 0 Å². The molecule has 0 bridgehead atoms. The zero-order chi connectivity index (χ0) is 18.3. The third-order valence-corrected chi connectivity index (χ3v) is 3.34. The van der Waals surface area contributed by atoms with Gasteiger partial charge in [-0.25, -0.2) is 4.79 Å². The predicted octanol–water partition coefficient (Wildman–Crippen LogP) is -0.164. The van der Waals surface area contributed by atoms with Gasteiger partial charge in [0.05, 0.1) is 11.8 Å². The van der Waals surface area contributed by atoms with Crippen molar-refractivity contribution < 1.29 is 28.7 Å². The van der Waals surface area contributed by atoms with E-state index >= 15 is 0 Å². The normalized spacial score (nSPS) is 12.8. The molecule has 0 aromatic carbocycles. The highest BCUT2D eigenvalue weighted by molar-refractivity contribution is 5.97. The van der Waals surface area contributed by atoms with Crippen molar-refractivity contribution >= 4 is 23.7 Å². The van der Waals surface area contributed by atoms with E-state index in [1.54, 1.807) is 0 Å². The second-order valence-corrected chi connectivity index (χ2v) is 5.24. The Kier molecular flexibility index (Phi) is 6.97. The monoisotopic (exact) mass is 339 g/mol. The van der Waals surface area contributed by atoms with Crippen molar-refractivity contribution in [2.24, 2.45) is 0 Å². The van der Waals surface area contributed by atoms with Crippen LogP contribution in [0.5, 0.6) is 0 Å². The first-order valence-electron chi connectivity index (χ1n) is 7.34. The molecule has 0 saturated carbocycles. The Hall–Kier alpha value is -2.84. The fourth-order valence-corrected chi connectivity index (χ4v) is 1.96. The lowest BCUT2D eigenvalue weighted by atomic mass is 10.2. The summed E-state index contributed by atoms with van der Waals surface area (Å²) < 4.78 is 4.80. The van der Waals surface area contributed by atoms with Crippen molar-refractivity contribution in [2.45, 2.75) is 32.9 Å². The average molecular weight is 339 g/mol. The molecule has 0 saturated heterocycles. The highest BCUT2D eigenvalue weighted by Gasteiger charge is 2.29. The zero-order valence-electron chi connectivity index (χ0n) is 13.7.